The molecule has 1 amide bonds. The number of fused-ring (bicyclic) bond motifs is 3. The van der Waals surface area contributed by atoms with Crippen molar-refractivity contribution in [1.82, 2.24) is 14.9 Å². The number of allylic oxidation sites excluding steroid dienone is 1. The summed E-state index contributed by atoms with van der Waals surface area (Å²) in [5.74, 6) is 1.05. The maximum Gasteiger partial charge on any atom is 0.276 e. The van der Waals surface area contributed by atoms with Crippen molar-refractivity contribution in [2.24, 2.45) is 5.41 Å². The van der Waals surface area contributed by atoms with Gasteiger partial charge >= 0.3 is 0 Å². The largest absolute Gasteiger partial charge is 0.438 e. The Balaban J connectivity index is 1.44. The van der Waals surface area contributed by atoms with E-state index >= 15 is 0 Å². The highest BCUT2D eigenvalue weighted by molar-refractivity contribution is 5.99. The van der Waals surface area contributed by atoms with Gasteiger partial charge in [0.05, 0.1) is 29.7 Å². The topological polar surface area (TPSA) is 124 Å². The van der Waals surface area contributed by atoms with Gasteiger partial charge in [0, 0.05) is 17.7 Å². The molecule has 2 bridgehead atoms. The van der Waals surface area contributed by atoms with E-state index in [1.807, 2.05) is 45.9 Å². The molecule has 0 radical (unpaired) electrons. The number of anilines is 1. The summed E-state index contributed by atoms with van der Waals surface area (Å²) in [5, 5.41) is 21.7. The van der Waals surface area contributed by atoms with Gasteiger partial charge in [0.1, 0.15) is 11.4 Å². The maximum absolute atomic E-state index is 13.6. The van der Waals surface area contributed by atoms with E-state index in [1.54, 1.807) is 11.0 Å². The quantitative estimate of drug-likeness (QED) is 0.590. The monoisotopic (exact) mass is 496 g/mol. The van der Waals surface area contributed by atoms with Crippen molar-refractivity contribution in [3.05, 3.63) is 46.2 Å². The predicted octanol–water partition coefficient (Wildman–Crippen LogP) is 4.72. The number of nitrogens with zero attached hydrogens (tertiary/aromatic N) is 5. The molecule has 1 aromatic heterocycles. The Morgan fingerprint density at radius 2 is 1.92 bits per heavy atom. The average Bonchev–Trinajstić information content (AvgIpc) is 3.04. The Hall–Kier alpha value is -3.95. The number of amides is 1. The highest BCUT2D eigenvalue weighted by Crippen LogP contribution is 2.67. The highest BCUT2D eigenvalue weighted by Gasteiger charge is 2.69. The molecule has 1 unspecified atom stereocenters. The molecule has 2 aromatic rings. The van der Waals surface area contributed by atoms with Crippen LogP contribution in [-0.4, -0.2) is 39.0 Å². The summed E-state index contributed by atoms with van der Waals surface area (Å²) in [7, 11) is 0. The van der Waals surface area contributed by atoms with Gasteiger partial charge < -0.3 is 19.7 Å². The Labute approximate surface area is 215 Å². The first-order valence-electron chi connectivity index (χ1n) is 12.6. The third-order valence-corrected chi connectivity index (χ3v) is 8.26. The van der Waals surface area contributed by atoms with Crippen molar-refractivity contribution in [3.8, 4) is 23.8 Å². The van der Waals surface area contributed by atoms with Gasteiger partial charge in [-0.15, -0.1) is 0 Å². The number of carbonyl (C=O) groups is 1. The fourth-order valence-corrected chi connectivity index (χ4v) is 6.64. The normalized spacial score (nSPS) is 31.0. The lowest BCUT2D eigenvalue weighted by Gasteiger charge is -2.66. The summed E-state index contributed by atoms with van der Waals surface area (Å²) in [6.45, 7) is 8.28. The van der Waals surface area contributed by atoms with Crippen LogP contribution >= 0.6 is 0 Å². The van der Waals surface area contributed by atoms with E-state index < -0.39 is 5.72 Å². The van der Waals surface area contributed by atoms with Gasteiger partial charge in [0.25, 0.3) is 5.91 Å². The van der Waals surface area contributed by atoms with Crippen LogP contribution in [0.25, 0.3) is 6.08 Å². The minimum absolute atomic E-state index is 0.0208. The van der Waals surface area contributed by atoms with E-state index in [0.717, 1.165) is 42.4 Å². The second-order valence-corrected chi connectivity index (χ2v) is 11.1. The van der Waals surface area contributed by atoms with Crippen molar-refractivity contribution in [3.63, 3.8) is 0 Å². The molecule has 3 saturated carbocycles. The lowest BCUT2D eigenvalue weighted by molar-refractivity contribution is -0.172. The van der Waals surface area contributed by atoms with Crippen molar-refractivity contribution >= 4 is 17.9 Å². The number of aromatic nitrogens is 2. The summed E-state index contributed by atoms with van der Waals surface area (Å²) in [5.41, 5.74) is 2.00. The second-order valence-electron chi connectivity index (χ2n) is 11.1. The third-order valence-electron chi connectivity index (χ3n) is 8.26. The predicted molar refractivity (Wildman–Crippen MR) is 134 cm³/mol. The van der Waals surface area contributed by atoms with Gasteiger partial charge in [-0.05, 0) is 88.3 Å². The van der Waals surface area contributed by atoms with E-state index in [9.17, 15) is 10.1 Å². The Morgan fingerprint density at radius 3 is 2.57 bits per heavy atom. The third kappa shape index (κ3) is 3.34. The summed E-state index contributed by atoms with van der Waals surface area (Å²) in [4.78, 5) is 24.8. The van der Waals surface area contributed by atoms with E-state index in [0.29, 0.717) is 23.9 Å². The van der Waals surface area contributed by atoms with Crippen LogP contribution < -0.4 is 10.1 Å². The molecule has 1 N–H and O–H groups in total. The molecule has 4 fully saturated rings. The zero-order valence-corrected chi connectivity index (χ0v) is 21.4. The van der Waals surface area contributed by atoms with E-state index in [-0.39, 0.29) is 34.5 Å². The first-order chi connectivity index (χ1) is 17.6. The zero-order valence-electron chi connectivity index (χ0n) is 21.4. The van der Waals surface area contributed by atoms with Gasteiger partial charge in [-0.1, -0.05) is 0 Å². The van der Waals surface area contributed by atoms with E-state index in [4.69, 9.17) is 19.7 Å². The molecule has 5 aliphatic rings. The molecule has 1 saturated heterocycles. The number of aryl methyl sites for hydroxylation is 2. The van der Waals surface area contributed by atoms with Gasteiger partial charge in [-0.3, -0.25) is 4.79 Å². The smallest absolute Gasteiger partial charge is 0.276 e. The van der Waals surface area contributed by atoms with Gasteiger partial charge in [-0.2, -0.15) is 15.5 Å². The zero-order chi connectivity index (χ0) is 26.2. The molecule has 2 aliphatic heterocycles. The first-order valence-corrected chi connectivity index (χ1v) is 12.6. The van der Waals surface area contributed by atoms with Gasteiger partial charge in [-0.25, -0.2) is 4.98 Å². The number of benzene rings is 1. The second kappa shape index (κ2) is 7.77. The Morgan fingerprint density at radius 1 is 1.22 bits per heavy atom. The van der Waals surface area contributed by atoms with Crippen LogP contribution in [0.1, 0.15) is 72.3 Å². The minimum atomic E-state index is -1.03. The number of ether oxygens (including phenoxy) is 2. The molecule has 7 rings (SSSR count). The van der Waals surface area contributed by atoms with E-state index in [1.165, 1.54) is 6.08 Å². The highest BCUT2D eigenvalue weighted by atomic mass is 16.5. The summed E-state index contributed by atoms with van der Waals surface area (Å²) in [6.07, 6.45) is 6.18. The van der Waals surface area contributed by atoms with Crippen molar-refractivity contribution < 1.29 is 14.3 Å². The molecule has 188 valence electrons. The molecule has 3 heterocycles. The Kier molecular flexibility index (Phi) is 4.93. The molecule has 9 nitrogen and oxygen atoms in total. The van der Waals surface area contributed by atoms with Gasteiger partial charge in [0.2, 0.25) is 11.8 Å². The summed E-state index contributed by atoms with van der Waals surface area (Å²) in [6, 6.07) is 8.30. The fourth-order valence-electron chi connectivity index (χ4n) is 6.64. The van der Waals surface area contributed by atoms with Crippen LogP contribution in [-0.2, 0) is 10.5 Å². The standard InChI is InChI=1S/C28H28N6O3/c1-16-10-19(6-5-8-29)11-17(2)22(16)37-23-20-21(24(35)34-18(3)7-9-36-26(20,34)4)31-25(32-23)33-28-12-27(13-28,14-28)15-30/h5-6,10-11,18H,7,9,12-14H2,1-4H3,(H,31,32,33)/b6-5+/t18-,26?,27?,28?/m0/s1. The lowest BCUT2D eigenvalue weighted by atomic mass is 9.40. The summed E-state index contributed by atoms with van der Waals surface area (Å²) < 4.78 is 12.7. The van der Waals surface area contributed by atoms with Crippen molar-refractivity contribution in [1.29, 1.82) is 10.5 Å². The molecular formula is C28H28N6O3. The molecular weight excluding hydrogens is 468 g/mol. The number of rotatable bonds is 5. The molecule has 1 aromatic carbocycles. The molecule has 2 atom stereocenters. The van der Waals surface area contributed by atoms with E-state index in [2.05, 4.69) is 16.4 Å². The van der Waals surface area contributed by atoms with Crippen LogP contribution in [0.4, 0.5) is 5.95 Å². The number of nitrogens with one attached hydrogen (secondary N) is 1. The average molecular weight is 497 g/mol. The number of nitriles is 2. The van der Waals surface area contributed by atoms with Crippen LogP contribution in [0, 0.1) is 41.9 Å². The summed E-state index contributed by atoms with van der Waals surface area (Å²) >= 11 is 0. The minimum Gasteiger partial charge on any atom is -0.438 e. The maximum atomic E-state index is 13.6. The van der Waals surface area contributed by atoms with Crippen LogP contribution in [0.2, 0.25) is 0 Å². The fraction of sp³-hybridized carbons (Fsp3) is 0.464. The lowest BCUT2D eigenvalue weighted by Crippen LogP contribution is -2.70. The molecule has 37 heavy (non-hydrogen) atoms. The molecule has 9 heteroatoms. The number of hydrogen-bond donors (Lipinski definition) is 1. The first kappa shape index (κ1) is 23.4. The number of hydrogen-bond acceptors (Lipinski definition) is 8. The van der Waals surface area contributed by atoms with Crippen LogP contribution in [0.15, 0.2) is 18.2 Å². The van der Waals surface area contributed by atoms with Crippen LogP contribution in [0.5, 0.6) is 11.6 Å². The van der Waals surface area contributed by atoms with Crippen molar-refractivity contribution in [2.45, 2.75) is 70.7 Å². The van der Waals surface area contributed by atoms with Gasteiger partial charge in [0.15, 0.2) is 5.72 Å². The van der Waals surface area contributed by atoms with Crippen LogP contribution in [0.3, 0.4) is 0 Å². The SMILES string of the molecule is Cc1cc(/C=C/C#N)cc(C)c1Oc1nc(NC23CC(C#N)(C2)C3)nc2c1C1(C)OCC[C@H](C)N1C2=O. The Bertz CT molecular complexity index is 1420. The number of carbonyl (C=O) groups excluding carboxylic acids is 1. The molecule has 3 aliphatic carbocycles. The van der Waals surface area contributed by atoms with Crippen molar-refractivity contribution in [2.75, 3.05) is 11.9 Å². The molecule has 0 spiro atoms.